The minimum Gasteiger partial charge on any atom is -0.369 e. The Kier molecular flexibility index (Phi) is 3.04. The molecule has 0 aliphatic heterocycles. The van der Waals surface area contributed by atoms with E-state index in [1.165, 1.54) is 6.07 Å². The summed E-state index contributed by atoms with van der Waals surface area (Å²) in [6.45, 7) is 0. The van der Waals surface area contributed by atoms with Crippen molar-refractivity contribution in [3.63, 3.8) is 0 Å². The van der Waals surface area contributed by atoms with Crippen LogP contribution in [-0.4, -0.2) is 5.91 Å². The molecule has 0 saturated heterocycles. The third-order valence-electron chi connectivity index (χ3n) is 1.36. The lowest BCUT2D eigenvalue weighted by Crippen LogP contribution is -2.08. The lowest BCUT2D eigenvalue weighted by atomic mass is 10.2. The van der Waals surface area contributed by atoms with Crippen molar-refractivity contribution in [3.05, 3.63) is 35.6 Å². The van der Waals surface area contributed by atoms with Crippen molar-refractivity contribution in [2.45, 2.75) is 6.42 Å². The maximum absolute atomic E-state index is 12.9. The Balaban J connectivity index is 2.77. The van der Waals surface area contributed by atoms with E-state index in [9.17, 15) is 9.18 Å². The smallest absolute Gasteiger partial charge is 0.229 e. The van der Waals surface area contributed by atoms with Gasteiger partial charge in [-0.3, -0.25) is 4.79 Å². The molecule has 0 aliphatic rings. The number of nitrogens with two attached hydrogens (primary N) is 1. The molecule has 13 heavy (non-hydrogen) atoms. The Hall–Kier alpha value is -1.82. The predicted molar refractivity (Wildman–Crippen MR) is 47.1 cm³/mol. The lowest BCUT2D eigenvalue weighted by Gasteiger charge is -1.90. The third kappa shape index (κ3) is 2.96. The summed E-state index contributed by atoms with van der Waals surface area (Å²) in [4.78, 5) is 10.3. The monoisotopic (exact) mass is 177 g/mol. The van der Waals surface area contributed by atoms with Crippen LogP contribution in [0.1, 0.15) is 12.0 Å². The summed E-state index contributed by atoms with van der Waals surface area (Å²) in [5.41, 5.74) is 5.14. The van der Waals surface area contributed by atoms with Crippen molar-refractivity contribution in [2.75, 3.05) is 0 Å². The summed E-state index contributed by atoms with van der Waals surface area (Å²) in [5, 5.41) is 0. The van der Waals surface area contributed by atoms with Crippen LogP contribution in [0.4, 0.5) is 4.39 Å². The van der Waals surface area contributed by atoms with Gasteiger partial charge in [0.25, 0.3) is 0 Å². The molecule has 3 heteroatoms. The Labute approximate surface area is 75.6 Å². The molecule has 0 radical (unpaired) electrons. The number of benzene rings is 1. The van der Waals surface area contributed by atoms with Gasteiger partial charge in [-0.2, -0.15) is 0 Å². The standard InChI is InChI=1S/C10H8FNO/c11-9-6-2-1-4-8(9)5-3-7-10(12)13/h1-2,4,6H,7H2,(H2,12,13). The van der Waals surface area contributed by atoms with E-state index in [0.29, 0.717) is 0 Å². The number of amides is 1. The molecule has 1 rings (SSSR count). The fraction of sp³-hybridized carbons (Fsp3) is 0.100. The summed E-state index contributed by atoms with van der Waals surface area (Å²) in [6.07, 6.45) is -0.0473. The molecule has 0 atom stereocenters. The Morgan fingerprint density at radius 3 is 2.77 bits per heavy atom. The number of halogens is 1. The van der Waals surface area contributed by atoms with Crippen molar-refractivity contribution >= 4 is 5.91 Å². The van der Waals surface area contributed by atoms with Crippen LogP contribution in [0.3, 0.4) is 0 Å². The van der Waals surface area contributed by atoms with Crippen molar-refractivity contribution in [1.29, 1.82) is 0 Å². The Bertz CT molecular complexity index is 376. The molecular formula is C10H8FNO. The van der Waals surface area contributed by atoms with Crippen LogP contribution < -0.4 is 5.73 Å². The summed E-state index contributed by atoms with van der Waals surface area (Å²) in [7, 11) is 0. The van der Waals surface area contributed by atoms with Crippen LogP contribution in [0.5, 0.6) is 0 Å². The molecule has 0 unspecified atom stereocenters. The van der Waals surface area contributed by atoms with E-state index in [-0.39, 0.29) is 17.8 Å². The third-order valence-corrected chi connectivity index (χ3v) is 1.36. The van der Waals surface area contributed by atoms with Gasteiger partial charge in [-0.05, 0) is 12.1 Å². The van der Waals surface area contributed by atoms with Gasteiger partial charge in [0.2, 0.25) is 5.91 Å². The van der Waals surface area contributed by atoms with Gasteiger partial charge in [-0.15, -0.1) is 0 Å². The van der Waals surface area contributed by atoms with E-state index in [4.69, 9.17) is 5.73 Å². The molecule has 0 aromatic heterocycles. The molecule has 0 spiro atoms. The molecule has 0 heterocycles. The van der Waals surface area contributed by atoms with E-state index in [0.717, 1.165) is 0 Å². The average Bonchev–Trinajstić information content (AvgIpc) is 2.08. The van der Waals surface area contributed by atoms with Crippen molar-refractivity contribution in [3.8, 4) is 11.8 Å². The molecule has 2 nitrogen and oxygen atoms in total. The van der Waals surface area contributed by atoms with E-state index < -0.39 is 5.91 Å². The fourth-order valence-corrected chi connectivity index (χ4v) is 0.789. The first-order chi connectivity index (χ1) is 6.20. The summed E-state index contributed by atoms with van der Waals surface area (Å²) in [5.74, 6) is 4.10. The first-order valence-corrected chi connectivity index (χ1v) is 3.72. The van der Waals surface area contributed by atoms with Crippen LogP contribution >= 0.6 is 0 Å². The maximum Gasteiger partial charge on any atom is 0.229 e. The Morgan fingerprint density at radius 2 is 2.15 bits per heavy atom. The van der Waals surface area contributed by atoms with E-state index >= 15 is 0 Å². The summed E-state index contributed by atoms with van der Waals surface area (Å²) >= 11 is 0. The molecular weight excluding hydrogens is 169 g/mol. The minimum absolute atomic E-state index is 0.0473. The van der Waals surface area contributed by atoms with Crippen LogP contribution in [0.15, 0.2) is 24.3 Å². The predicted octanol–water partition coefficient (Wildman–Crippen LogP) is 1.05. The normalized spacial score (nSPS) is 8.69. The quantitative estimate of drug-likeness (QED) is 0.640. The van der Waals surface area contributed by atoms with E-state index in [1.807, 2.05) is 0 Å². The average molecular weight is 177 g/mol. The number of hydrogen-bond donors (Lipinski definition) is 1. The fourth-order valence-electron chi connectivity index (χ4n) is 0.789. The van der Waals surface area contributed by atoms with Crippen LogP contribution in [0.2, 0.25) is 0 Å². The summed E-state index contributed by atoms with van der Waals surface area (Å²) < 4.78 is 12.9. The molecule has 0 saturated carbocycles. The van der Waals surface area contributed by atoms with Crippen LogP contribution in [-0.2, 0) is 4.79 Å². The molecule has 1 amide bonds. The number of rotatable bonds is 1. The van der Waals surface area contributed by atoms with Crippen molar-refractivity contribution < 1.29 is 9.18 Å². The highest BCUT2D eigenvalue weighted by atomic mass is 19.1. The van der Waals surface area contributed by atoms with Gasteiger partial charge in [-0.25, -0.2) is 4.39 Å². The minimum atomic E-state index is -0.510. The van der Waals surface area contributed by atoms with Gasteiger partial charge in [-0.1, -0.05) is 24.0 Å². The number of primary amides is 1. The van der Waals surface area contributed by atoms with Crippen LogP contribution in [0.25, 0.3) is 0 Å². The van der Waals surface area contributed by atoms with Crippen molar-refractivity contribution in [1.82, 2.24) is 0 Å². The lowest BCUT2D eigenvalue weighted by molar-refractivity contribution is -0.117. The molecule has 1 aromatic carbocycles. The molecule has 0 bridgehead atoms. The van der Waals surface area contributed by atoms with E-state index in [1.54, 1.807) is 18.2 Å². The summed E-state index contributed by atoms with van der Waals surface area (Å²) in [6, 6.07) is 6.11. The topological polar surface area (TPSA) is 43.1 Å². The largest absolute Gasteiger partial charge is 0.369 e. The zero-order valence-electron chi connectivity index (χ0n) is 6.88. The molecule has 66 valence electrons. The van der Waals surface area contributed by atoms with Gasteiger partial charge in [0, 0.05) is 0 Å². The highest BCUT2D eigenvalue weighted by Gasteiger charge is 1.94. The van der Waals surface area contributed by atoms with Crippen molar-refractivity contribution in [2.24, 2.45) is 5.73 Å². The second kappa shape index (κ2) is 4.27. The number of carbonyl (C=O) groups is 1. The zero-order valence-corrected chi connectivity index (χ0v) is 6.88. The number of carbonyl (C=O) groups excluding carboxylic acids is 1. The molecule has 0 aliphatic carbocycles. The van der Waals surface area contributed by atoms with Gasteiger partial charge in [0.1, 0.15) is 5.82 Å². The first-order valence-electron chi connectivity index (χ1n) is 3.72. The maximum atomic E-state index is 12.9. The zero-order chi connectivity index (χ0) is 9.68. The van der Waals surface area contributed by atoms with E-state index in [2.05, 4.69) is 11.8 Å². The van der Waals surface area contributed by atoms with Gasteiger partial charge < -0.3 is 5.73 Å². The van der Waals surface area contributed by atoms with Crippen LogP contribution in [0, 0.1) is 17.7 Å². The molecule has 1 aromatic rings. The molecule has 2 N–H and O–H groups in total. The van der Waals surface area contributed by atoms with Gasteiger partial charge in [0.15, 0.2) is 0 Å². The second-order valence-electron chi connectivity index (χ2n) is 2.42. The number of hydrogen-bond acceptors (Lipinski definition) is 1. The second-order valence-corrected chi connectivity index (χ2v) is 2.42. The SMILES string of the molecule is NC(=O)CC#Cc1ccccc1F. The molecule has 0 fully saturated rings. The van der Waals surface area contributed by atoms with Gasteiger partial charge >= 0.3 is 0 Å². The highest BCUT2D eigenvalue weighted by molar-refractivity contribution is 5.76. The van der Waals surface area contributed by atoms with Gasteiger partial charge in [0.05, 0.1) is 12.0 Å². The highest BCUT2D eigenvalue weighted by Crippen LogP contribution is 2.03. The Morgan fingerprint density at radius 1 is 1.46 bits per heavy atom. The first kappa shape index (κ1) is 9.27.